The molecule has 1 rings (SSSR count). The normalized spacial score (nSPS) is 11.0. The van der Waals surface area contributed by atoms with Gasteiger partial charge in [-0.15, -0.1) is 0 Å². The van der Waals surface area contributed by atoms with Gasteiger partial charge in [0, 0.05) is 11.4 Å². The van der Waals surface area contributed by atoms with Gasteiger partial charge in [0.05, 0.1) is 6.21 Å². The maximum Gasteiger partial charge on any atom is 0.240 e. The van der Waals surface area contributed by atoms with Gasteiger partial charge in [0.15, 0.2) is 0 Å². The molecule has 3 nitrogen and oxygen atoms in total. The Hall–Kier alpha value is -1.35. The third-order valence-electron chi connectivity index (χ3n) is 3.78. The maximum atomic E-state index is 11.6. The fourth-order valence-corrected chi connectivity index (χ4v) is 2.51. The van der Waals surface area contributed by atoms with E-state index in [1.807, 2.05) is 12.1 Å². The summed E-state index contributed by atoms with van der Waals surface area (Å²) in [7, 11) is 0. The van der Waals surface area contributed by atoms with E-state index in [1.165, 1.54) is 44.9 Å². The average Bonchev–Trinajstić information content (AvgIpc) is 2.55. The Morgan fingerprint density at radius 2 is 1.57 bits per heavy atom. The fraction of sp³-hybridized carbons (Fsp3) is 0.579. The van der Waals surface area contributed by atoms with Crippen molar-refractivity contribution in [1.82, 2.24) is 5.43 Å². The highest BCUT2D eigenvalue weighted by Gasteiger charge is 1.99. The van der Waals surface area contributed by atoms with Crippen LogP contribution < -0.4 is 5.43 Å². The minimum atomic E-state index is -0.0156. The van der Waals surface area contributed by atoms with Crippen LogP contribution in [0.3, 0.4) is 0 Å². The van der Waals surface area contributed by atoms with Crippen molar-refractivity contribution >= 4 is 23.7 Å². The molecular weight excluding hydrogens is 308 g/mol. The van der Waals surface area contributed by atoms with Gasteiger partial charge in [0.2, 0.25) is 5.91 Å². The van der Waals surface area contributed by atoms with Crippen LogP contribution in [0.25, 0.3) is 0 Å². The zero-order valence-corrected chi connectivity index (χ0v) is 14.9. The lowest BCUT2D eigenvalue weighted by molar-refractivity contribution is -0.121. The molecule has 4 heteroatoms. The van der Waals surface area contributed by atoms with Crippen LogP contribution in [0.5, 0.6) is 0 Å². The maximum absolute atomic E-state index is 11.6. The lowest BCUT2D eigenvalue weighted by Crippen LogP contribution is -2.16. The van der Waals surface area contributed by atoms with Crippen LogP contribution in [-0.4, -0.2) is 12.1 Å². The van der Waals surface area contributed by atoms with Gasteiger partial charge >= 0.3 is 0 Å². The van der Waals surface area contributed by atoms with Crippen LogP contribution in [0, 0.1) is 0 Å². The molecule has 1 amide bonds. The summed E-state index contributed by atoms with van der Waals surface area (Å²) in [5.74, 6) is -0.0156. The molecule has 0 saturated carbocycles. The first-order valence-corrected chi connectivity index (χ1v) is 9.17. The molecule has 1 aromatic rings. The van der Waals surface area contributed by atoms with Crippen LogP contribution >= 0.6 is 11.6 Å². The smallest absolute Gasteiger partial charge is 0.240 e. The summed E-state index contributed by atoms with van der Waals surface area (Å²) in [6.07, 6.45) is 13.5. The van der Waals surface area contributed by atoms with Crippen molar-refractivity contribution in [3.05, 3.63) is 34.9 Å². The van der Waals surface area contributed by atoms with E-state index in [0.717, 1.165) is 18.4 Å². The molecule has 128 valence electrons. The first-order valence-electron chi connectivity index (χ1n) is 8.80. The molecule has 0 atom stereocenters. The third kappa shape index (κ3) is 10.9. The first kappa shape index (κ1) is 19.7. The van der Waals surface area contributed by atoms with Gasteiger partial charge in [-0.3, -0.25) is 4.79 Å². The molecule has 0 bridgehead atoms. The van der Waals surface area contributed by atoms with Crippen LogP contribution in [0.4, 0.5) is 0 Å². The molecule has 0 saturated heterocycles. The van der Waals surface area contributed by atoms with Crippen molar-refractivity contribution in [2.45, 2.75) is 71.1 Å². The Balaban J connectivity index is 1.99. The number of hydrogen-bond donors (Lipinski definition) is 1. The Morgan fingerprint density at radius 3 is 2.17 bits per heavy atom. The Kier molecular flexibility index (Phi) is 11.2. The van der Waals surface area contributed by atoms with Crippen molar-refractivity contribution in [3.63, 3.8) is 0 Å². The number of carbonyl (C=O) groups is 1. The second-order valence-corrected chi connectivity index (χ2v) is 6.36. The quantitative estimate of drug-likeness (QED) is 0.296. The summed E-state index contributed by atoms with van der Waals surface area (Å²) >= 11 is 5.81. The monoisotopic (exact) mass is 336 g/mol. The second kappa shape index (κ2) is 13.1. The molecule has 0 fully saturated rings. The standard InChI is InChI=1S/C19H29ClN2O/c1-2-3-4-5-6-7-8-9-10-11-19(23)22-21-16-17-12-14-18(20)15-13-17/h12-16H,2-11H2,1H3,(H,22,23)/b21-16+. The summed E-state index contributed by atoms with van der Waals surface area (Å²) in [6.45, 7) is 2.24. The lowest BCUT2D eigenvalue weighted by atomic mass is 10.1. The molecule has 0 unspecified atom stereocenters. The number of hydrazone groups is 1. The number of amides is 1. The minimum absolute atomic E-state index is 0.0156. The number of carbonyl (C=O) groups excluding carboxylic acids is 1. The van der Waals surface area contributed by atoms with E-state index < -0.39 is 0 Å². The highest BCUT2D eigenvalue weighted by Crippen LogP contribution is 2.10. The van der Waals surface area contributed by atoms with Crippen LogP contribution in [-0.2, 0) is 4.79 Å². The summed E-state index contributed by atoms with van der Waals surface area (Å²) in [6, 6.07) is 7.32. The molecule has 23 heavy (non-hydrogen) atoms. The van der Waals surface area contributed by atoms with Gasteiger partial charge in [0.25, 0.3) is 0 Å². The van der Waals surface area contributed by atoms with E-state index in [2.05, 4.69) is 17.5 Å². The van der Waals surface area contributed by atoms with E-state index in [4.69, 9.17) is 11.6 Å². The lowest BCUT2D eigenvalue weighted by Gasteiger charge is -2.02. The number of benzene rings is 1. The van der Waals surface area contributed by atoms with Crippen LogP contribution in [0.1, 0.15) is 76.7 Å². The topological polar surface area (TPSA) is 41.5 Å². The third-order valence-corrected chi connectivity index (χ3v) is 4.03. The molecule has 0 aliphatic rings. The number of hydrogen-bond acceptors (Lipinski definition) is 2. The molecular formula is C19H29ClN2O. The van der Waals surface area contributed by atoms with Crippen molar-refractivity contribution in [1.29, 1.82) is 0 Å². The molecule has 1 N–H and O–H groups in total. The fourth-order valence-electron chi connectivity index (χ4n) is 2.38. The molecule has 0 radical (unpaired) electrons. The van der Waals surface area contributed by atoms with E-state index >= 15 is 0 Å². The van der Waals surface area contributed by atoms with Crippen LogP contribution in [0.2, 0.25) is 5.02 Å². The zero-order chi connectivity index (χ0) is 16.8. The van der Waals surface area contributed by atoms with Gasteiger partial charge in [-0.2, -0.15) is 5.10 Å². The van der Waals surface area contributed by atoms with Crippen molar-refractivity contribution in [3.8, 4) is 0 Å². The van der Waals surface area contributed by atoms with Gasteiger partial charge in [-0.05, 0) is 24.1 Å². The molecule has 1 aromatic carbocycles. The summed E-state index contributed by atoms with van der Waals surface area (Å²) in [4.78, 5) is 11.6. The first-order chi connectivity index (χ1) is 11.2. The molecule has 0 aromatic heterocycles. The molecule has 0 aliphatic carbocycles. The van der Waals surface area contributed by atoms with Crippen molar-refractivity contribution < 1.29 is 4.79 Å². The molecule has 0 heterocycles. The number of nitrogens with zero attached hydrogens (tertiary/aromatic N) is 1. The highest BCUT2D eigenvalue weighted by molar-refractivity contribution is 6.30. The second-order valence-electron chi connectivity index (χ2n) is 5.92. The van der Waals surface area contributed by atoms with Crippen molar-refractivity contribution in [2.75, 3.05) is 0 Å². The van der Waals surface area contributed by atoms with E-state index in [0.29, 0.717) is 11.4 Å². The van der Waals surface area contributed by atoms with Gasteiger partial charge in [-0.1, -0.05) is 82.0 Å². The molecule has 0 spiro atoms. The van der Waals surface area contributed by atoms with E-state index in [-0.39, 0.29) is 5.91 Å². The van der Waals surface area contributed by atoms with E-state index in [1.54, 1.807) is 18.3 Å². The van der Waals surface area contributed by atoms with Gasteiger partial charge in [-0.25, -0.2) is 5.43 Å². The summed E-state index contributed by atoms with van der Waals surface area (Å²) in [5, 5.41) is 4.65. The number of unbranched alkanes of at least 4 members (excludes halogenated alkanes) is 8. The SMILES string of the molecule is CCCCCCCCCCCC(=O)N/N=C/c1ccc(Cl)cc1. The average molecular weight is 337 g/mol. The minimum Gasteiger partial charge on any atom is -0.273 e. The Bertz CT molecular complexity index is 457. The molecule has 0 aliphatic heterocycles. The highest BCUT2D eigenvalue weighted by atomic mass is 35.5. The van der Waals surface area contributed by atoms with Gasteiger partial charge < -0.3 is 0 Å². The zero-order valence-electron chi connectivity index (χ0n) is 14.2. The number of rotatable bonds is 12. The summed E-state index contributed by atoms with van der Waals surface area (Å²) in [5.41, 5.74) is 3.48. The number of halogens is 1. The van der Waals surface area contributed by atoms with E-state index in [9.17, 15) is 4.79 Å². The Labute approximate surface area is 145 Å². The van der Waals surface area contributed by atoms with Crippen molar-refractivity contribution in [2.24, 2.45) is 5.10 Å². The van der Waals surface area contributed by atoms with Crippen LogP contribution in [0.15, 0.2) is 29.4 Å². The predicted octanol–water partition coefficient (Wildman–Crippen LogP) is 5.71. The number of nitrogens with one attached hydrogen (secondary N) is 1. The summed E-state index contributed by atoms with van der Waals surface area (Å²) < 4.78 is 0. The predicted molar refractivity (Wildman–Crippen MR) is 99.0 cm³/mol. The Morgan fingerprint density at radius 1 is 1.00 bits per heavy atom. The van der Waals surface area contributed by atoms with Gasteiger partial charge in [0.1, 0.15) is 0 Å². The largest absolute Gasteiger partial charge is 0.273 e.